The summed E-state index contributed by atoms with van der Waals surface area (Å²) >= 11 is 0. The minimum absolute atomic E-state index is 0.0994. The largest absolute Gasteiger partial charge is 0.398 e. The van der Waals surface area contributed by atoms with Crippen molar-refractivity contribution >= 4 is 15.7 Å². The predicted molar refractivity (Wildman–Crippen MR) is 74.4 cm³/mol. The Morgan fingerprint density at radius 1 is 1.37 bits per heavy atom. The summed E-state index contributed by atoms with van der Waals surface area (Å²) in [6.45, 7) is 6.36. The van der Waals surface area contributed by atoms with Crippen LogP contribution in [0.15, 0.2) is 23.1 Å². The van der Waals surface area contributed by atoms with Crippen LogP contribution in [0.3, 0.4) is 0 Å². The molecule has 6 heteroatoms. The highest BCUT2D eigenvalue weighted by atomic mass is 32.2. The zero-order chi connectivity index (χ0) is 14.2. The normalized spacial score (nSPS) is 25.4. The lowest BCUT2D eigenvalue weighted by Crippen LogP contribution is -2.50. The molecule has 2 rings (SSSR count). The number of nitrogens with two attached hydrogens (primary N) is 1. The van der Waals surface area contributed by atoms with Gasteiger partial charge in [0.25, 0.3) is 0 Å². The Balaban J connectivity index is 2.41. The van der Waals surface area contributed by atoms with Gasteiger partial charge in [-0.25, -0.2) is 8.42 Å². The summed E-state index contributed by atoms with van der Waals surface area (Å²) in [5.74, 6) is 0. The minimum Gasteiger partial charge on any atom is -0.398 e. The second-order valence-corrected chi connectivity index (χ2v) is 6.97. The molecule has 2 atom stereocenters. The zero-order valence-corrected chi connectivity index (χ0v) is 12.3. The zero-order valence-electron chi connectivity index (χ0n) is 11.5. The van der Waals surface area contributed by atoms with E-state index in [1.165, 1.54) is 4.31 Å². The number of hydrogen-bond acceptors (Lipinski definition) is 4. The molecule has 1 aromatic carbocycles. The van der Waals surface area contributed by atoms with E-state index in [4.69, 9.17) is 10.5 Å². The van der Waals surface area contributed by atoms with Gasteiger partial charge in [-0.1, -0.05) is 6.07 Å². The van der Waals surface area contributed by atoms with Gasteiger partial charge in [0, 0.05) is 12.6 Å². The van der Waals surface area contributed by atoms with Crippen LogP contribution < -0.4 is 5.73 Å². The topological polar surface area (TPSA) is 72.6 Å². The lowest BCUT2D eigenvalue weighted by atomic mass is 10.2. The van der Waals surface area contributed by atoms with E-state index in [2.05, 4.69) is 0 Å². The van der Waals surface area contributed by atoms with E-state index < -0.39 is 10.0 Å². The number of benzene rings is 1. The van der Waals surface area contributed by atoms with Gasteiger partial charge in [0.05, 0.1) is 18.4 Å². The van der Waals surface area contributed by atoms with Crippen molar-refractivity contribution in [2.75, 3.05) is 18.9 Å². The average molecular weight is 284 g/mol. The van der Waals surface area contributed by atoms with Crippen LogP contribution in [-0.2, 0) is 14.8 Å². The average Bonchev–Trinajstić information content (AvgIpc) is 2.31. The number of ether oxygens (including phenoxy) is 1. The number of aryl methyl sites for hydroxylation is 1. The van der Waals surface area contributed by atoms with Gasteiger partial charge in [0.1, 0.15) is 4.90 Å². The van der Waals surface area contributed by atoms with Crippen LogP contribution in [-0.4, -0.2) is 38.0 Å². The molecule has 1 aliphatic heterocycles. The van der Waals surface area contributed by atoms with Crippen molar-refractivity contribution in [3.63, 3.8) is 0 Å². The van der Waals surface area contributed by atoms with E-state index in [9.17, 15) is 8.42 Å². The second-order valence-electron chi connectivity index (χ2n) is 5.11. The van der Waals surface area contributed by atoms with Gasteiger partial charge in [0.15, 0.2) is 0 Å². The molecule has 5 nitrogen and oxygen atoms in total. The summed E-state index contributed by atoms with van der Waals surface area (Å²) in [6, 6.07) is 4.84. The molecule has 0 bridgehead atoms. The van der Waals surface area contributed by atoms with E-state index in [0.717, 1.165) is 5.56 Å². The van der Waals surface area contributed by atoms with Crippen LogP contribution >= 0.6 is 0 Å². The van der Waals surface area contributed by atoms with Crippen molar-refractivity contribution in [2.24, 2.45) is 0 Å². The maximum absolute atomic E-state index is 12.7. The molecule has 1 saturated heterocycles. The number of hydrogen-bond donors (Lipinski definition) is 1. The summed E-state index contributed by atoms with van der Waals surface area (Å²) in [7, 11) is -3.56. The highest BCUT2D eigenvalue weighted by molar-refractivity contribution is 7.89. The molecular weight excluding hydrogens is 264 g/mol. The fraction of sp³-hybridized carbons (Fsp3) is 0.538. The molecule has 1 aliphatic rings. The molecular formula is C13H20N2O3S. The first-order chi connectivity index (χ1) is 8.82. The first-order valence-corrected chi connectivity index (χ1v) is 7.76. The Morgan fingerprint density at radius 2 is 2.05 bits per heavy atom. The molecule has 19 heavy (non-hydrogen) atoms. The van der Waals surface area contributed by atoms with Crippen molar-refractivity contribution < 1.29 is 13.2 Å². The monoisotopic (exact) mass is 284 g/mol. The summed E-state index contributed by atoms with van der Waals surface area (Å²) < 4.78 is 32.3. The molecule has 1 fully saturated rings. The molecule has 0 radical (unpaired) electrons. The molecule has 0 amide bonds. The number of sulfonamides is 1. The maximum Gasteiger partial charge on any atom is 0.245 e. The van der Waals surface area contributed by atoms with Crippen molar-refractivity contribution in [3.8, 4) is 0 Å². The first-order valence-electron chi connectivity index (χ1n) is 6.32. The third-order valence-corrected chi connectivity index (χ3v) is 5.36. The summed E-state index contributed by atoms with van der Waals surface area (Å²) in [6.07, 6.45) is -0.0994. The lowest BCUT2D eigenvalue weighted by molar-refractivity contribution is -0.0170. The number of anilines is 1. The van der Waals surface area contributed by atoms with E-state index >= 15 is 0 Å². The van der Waals surface area contributed by atoms with Gasteiger partial charge >= 0.3 is 0 Å². The van der Waals surface area contributed by atoms with Crippen LogP contribution in [0.5, 0.6) is 0 Å². The quantitative estimate of drug-likeness (QED) is 0.833. The Morgan fingerprint density at radius 3 is 2.68 bits per heavy atom. The molecule has 0 aromatic heterocycles. The van der Waals surface area contributed by atoms with Gasteiger partial charge < -0.3 is 10.5 Å². The van der Waals surface area contributed by atoms with Gasteiger partial charge in [-0.15, -0.1) is 0 Å². The maximum atomic E-state index is 12.7. The van der Waals surface area contributed by atoms with Gasteiger partial charge in [-0.3, -0.25) is 0 Å². The van der Waals surface area contributed by atoms with E-state index in [1.54, 1.807) is 18.2 Å². The van der Waals surface area contributed by atoms with Crippen LogP contribution in [0, 0.1) is 6.92 Å². The van der Waals surface area contributed by atoms with E-state index in [0.29, 0.717) is 18.8 Å². The van der Waals surface area contributed by atoms with Crippen molar-refractivity contribution in [2.45, 2.75) is 37.8 Å². The number of morpholine rings is 1. The molecule has 2 N–H and O–H groups in total. The molecule has 1 aromatic rings. The highest BCUT2D eigenvalue weighted by Gasteiger charge is 2.35. The van der Waals surface area contributed by atoms with E-state index in [1.807, 2.05) is 20.8 Å². The lowest BCUT2D eigenvalue weighted by Gasteiger charge is -2.35. The van der Waals surface area contributed by atoms with Crippen molar-refractivity contribution in [1.82, 2.24) is 4.31 Å². The molecule has 0 spiro atoms. The van der Waals surface area contributed by atoms with Crippen LogP contribution in [0.2, 0.25) is 0 Å². The minimum atomic E-state index is -3.56. The second kappa shape index (κ2) is 5.11. The van der Waals surface area contributed by atoms with Gasteiger partial charge in [-0.05, 0) is 38.5 Å². The first kappa shape index (κ1) is 14.3. The van der Waals surface area contributed by atoms with Crippen molar-refractivity contribution in [3.05, 3.63) is 23.8 Å². The highest BCUT2D eigenvalue weighted by Crippen LogP contribution is 2.27. The van der Waals surface area contributed by atoms with Crippen LogP contribution in [0.1, 0.15) is 19.4 Å². The molecule has 0 aliphatic carbocycles. The van der Waals surface area contributed by atoms with Gasteiger partial charge in [-0.2, -0.15) is 4.31 Å². The third kappa shape index (κ3) is 2.75. The SMILES string of the molecule is Cc1ccc(S(=O)(=O)N2CC(C)OCC2C)c(N)c1. The molecule has 2 unspecified atom stereocenters. The number of nitrogen functional groups attached to an aromatic ring is 1. The fourth-order valence-corrected chi connectivity index (χ4v) is 4.03. The molecule has 106 valence electrons. The van der Waals surface area contributed by atoms with Crippen molar-refractivity contribution in [1.29, 1.82) is 0 Å². The number of rotatable bonds is 2. The van der Waals surface area contributed by atoms with Crippen LogP contribution in [0.4, 0.5) is 5.69 Å². The number of nitrogens with zero attached hydrogens (tertiary/aromatic N) is 1. The summed E-state index contributed by atoms with van der Waals surface area (Å²) in [5, 5.41) is 0. The smallest absolute Gasteiger partial charge is 0.245 e. The Bertz CT molecular complexity index is 571. The fourth-order valence-electron chi connectivity index (χ4n) is 2.24. The third-order valence-electron chi connectivity index (χ3n) is 3.30. The van der Waals surface area contributed by atoms with Gasteiger partial charge in [0.2, 0.25) is 10.0 Å². The standard InChI is InChI=1S/C13H20N2O3S/c1-9-4-5-13(12(14)6-9)19(16,17)15-7-11(3)18-8-10(15)2/h4-6,10-11H,7-8,14H2,1-3H3. The summed E-state index contributed by atoms with van der Waals surface area (Å²) in [4.78, 5) is 0.180. The Hall–Kier alpha value is -1.11. The summed E-state index contributed by atoms with van der Waals surface area (Å²) in [5.41, 5.74) is 7.10. The molecule has 1 heterocycles. The predicted octanol–water partition coefficient (Wildman–Crippen LogP) is 1.38. The Labute approximate surface area is 114 Å². The van der Waals surface area contributed by atoms with E-state index in [-0.39, 0.29) is 17.0 Å². The molecule has 0 saturated carbocycles. The Kier molecular flexibility index (Phi) is 3.85. The van der Waals surface area contributed by atoms with Crippen LogP contribution in [0.25, 0.3) is 0 Å².